The number of aliphatic hydroxyl groups excluding tert-OH is 7. The van der Waals surface area contributed by atoms with Crippen LogP contribution in [0.5, 0.6) is 0 Å². The number of carbonyl (C=O) groups excluding carboxylic acids is 9. The maximum atomic E-state index is 13.5. The number of hydrogen-bond acceptors (Lipinski definition) is 25. The van der Waals surface area contributed by atoms with Crippen molar-refractivity contribution < 1.29 is 126 Å². The zero-order valence-electron chi connectivity index (χ0n) is 47.9. The third kappa shape index (κ3) is 22.4. The highest BCUT2D eigenvalue weighted by atomic mass is 31.2. The molecule has 15 N–H and O–H groups in total. The van der Waals surface area contributed by atoms with E-state index in [9.17, 15) is 88.4 Å². The highest BCUT2D eigenvalue weighted by Crippen LogP contribution is 2.48. The SMILES string of the molecule is CC(=O)N[C@H]1C(OCCOCCNC(=O)c2cc(NC(=O)CNC(=O)CC[C@@H](C=O)NC(=O)CCC(=O)N3C[C@](C)(COP(=O)([O-])O)[C@](C)(CO)C3)cc(C(=O)NCCOCCOC3O[C@H](CO)[C@H](O)[C@H](O)[C@H]3NC(C)=O)c2)O[C@H](CO)[C@H](O)[C@@H]1O. The minimum absolute atomic E-state index is 0.0146. The van der Waals surface area contributed by atoms with Crippen molar-refractivity contribution in [3.05, 3.63) is 29.3 Å². The summed E-state index contributed by atoms with van der Waals surface area (Å²) in [6, 6.07) is 0.159. The summed E-state index contributed by atoms with van der Waals surface area (Å²) in [5.41, 5.74) is -2.42. The molecule has 3 saturated heterocycles. The summed E-state index contributed by atoms with van der Waals surface area (Å²) < 4.78 is 49.1. The molecule has 8 amide bonds. The van der Waals surface area contributed by atoms with Gasteiger partial charge in [-0.3, -0.25) is 42.9 Å². The lowest BCUT2D eigenvalue weighted by atomic mass is 9.69. The van der Waals surface area contributed by atoms with E-state index in [-0.39, 0.29) is 108 Å². The standard InChI is InChI=1S/C51H81N8O26P/c1-28(64)55-40-44(72)42(70)34(22-61)84-48(40)81-15-13-79-11-9-52-46(74)30-17-31(47(75)53-10-12-80-14-16-82-49-41(56-29(2)65)45(73)43(71)35(23-62)85-49)19-33(18-30)58-38(68)20-54-36(66)6-5-32(21-60)57-37(67)7-8-39(69)59-24-50(3,26-63)51(4,25-59)27-83-86(76,77)78/h17-19,21,32,34-35,40-45,48-49,61-63,70-73H,5-16,20,22-27H2,1-4H3,(H,52,74)(H,53,75)(H,54,66)(H,55,64)(H,56,65)(H,57,67)(H,58,68)(H2,76,77,78)/p-1/t32-,34+,35+,40+,41+,42-,43-,44+,45+,48?,49?,50-,51+/m0/s1. The molecule has 1 aromatic carbocycles. The molecule has 0 bridgehead atoms. The molecule has 35 heteroatoms. The summed E-state index contributed by atoms with van der Waals surface area (Å²) >= 11 is 0. The fourth-order valence-electron chi connectivity index (χ4n) is 9.25. The lowest BCUT2D eigenvalue weighted by Crippen LogP contribution is -2.64. The van der Waals surface area contributed by atoms with Crippen molar-refractivity contribution in [2.75, 3.05) is 104 Å². The van der Waals surface area contributed by atoms with Crippen LogP contribution in [-0.4, -0.2) is 265 Å². The van der Waals surface area contributed by atoms with Gasteiger partial charge in [-0.25, -0.2) is 0 Å². The van der Waals surface area contributed by atoms with E-state index >= 15 is 0 Å². The van der Waals surface area contributed by atoms with Crippen LogP contribution in [0.3, 0.4) is 0 Å². The van der Waals surface area contributed by atoms with Crippen molar-refractivity contribution in [3.63, 3.8) is 0 Å². The van der Waals surface area contributed by atoms with E-state index in [1.165, 1.54) is 36.9 Å². The second-order valence-electron chi connectivity index (χ2n) is 21.1. The average molecular weight is 1250 g/mol. The number of aldehydes is 1. The van der Waals surface area contributed by atoms with Gasteiger partial charge in [-0.15, -0.1) is 0 Å². The van der Waals surface area contributed by atoms with Crippen molar-refractivity contribution >= 4 is 67.1 Å². The van der Waals surface area contributed by atoms with Crippen molar-refractivity contribution in [2.45, 2.75) is 121 Å². The molecule has 4 rings (SSSR count). The minimum atomic E-state index is -5.11. The molecule has 3 aliphatic heterocycles. The van der Waals surface area contributed by atoms with E-state index in [0.29, 0.717) is 6.29 Å². The molecular formula is C51H80N8O26P-. The van der Waals surface area contributed by atoms with Crippen LogP contribution in [0.4, 0.5) is 5.69 Å². The summed E-state index contributed by atoms with van der Waals surface area (Å²) in [6.45, 7) is 1.70. The highest BCUT2D eigenvalue weighted by Gasteiger charge is 2.53. The van der Waals surface area contributed by atoms with Gasteiger partial charge in [0.25, 0.3) is 19.6 Å². The monoisotopic (exact) mass is 1250 g/mol. The van der Waals surface area contributed by atoms with E-state index in [1.54, 1.807) is 13.8 Å². The molecule has 3 fully saturated rings. The third-order valence-corrected chi connectivity index (χ3v) is 14.8. The average Bonchev–Trinajstić information content (AvgIpc) is 2.78. The summed E-state index contributed by atoms with van der Waals surface area (Å²) in [5.74, 6) is -5.32. The molecule has 0 aliphatic carbocycles. The lowest BCUT2D eigenvalue weighted by Gasteiger charge is -2.42. The number of nitrogens with one attached hydrogen (secondary N) is 7. The fourth-order valence-corrected chi connectivity index (χ4v) is 9.70. The Kier molecular flexibility index (Phi) is 29.3. The summed E-state index contributed by atoms with van der Waals surface area (Å²) in [6.07, 6.45) is -11.9. The van der Waals surface area contributed by atoms with Gasteiger partial charge in [-0.05, 0) is 24.6 Å². The number of amides is 8. The van der Waals surface area contributed by atoms with E-state index in [1.807, 2.05) is 0 Å². The first-order valence-corrected chi connectivity index (χ1v) is 28.8. The number of phosphoric ester groups is 1. The van der Waals surface area contributed by atoms with Gasteiger partial charge in [0.15, 0.2) is 12.6 Å². The second kappa shape index (κ2) is 34.7. The minimum Gasteiger partial charge on any atom is -0.756 e. The molecule has 3 unspecified atom stereocenters. The van der Waals surface area contributed by atoms with Gasteiger partial charge < -0.3 is 125 Å². The molecular weight excluding hydrogens is 1170 g/mol. The van der Waals surface area contributed by atoms with Crippen LogP contribution < -0.4 is 42.1 Å². The van der Waals surface area contributed by atoms with Crippen LogP contribution in [0.1, 0.15) is 74.1 Å². The van der Waals surface area contributed by atoms with E-state index in [0.717, 1.165) is 0 Å². The largest absolute Gasteiger partial charge is 0.756 e. The Morgan fingerprint density at radius 3 is 1.65 bits per heavy atom. The number of phosphoric acid groups is 1. The first-order valence-electron chi connectivity index (χ1n) is 27.4. The van der Waals surface area contributed by atoms with Crippen LogP contribution in [0, 0.1) is 10.8 Å². The normalized spacial score (nSPS) is 27.4. The number of ether oxygens (including phenoxy) is 6. The molecule has 14 atom stereocenters. The molecule has 3 heterocycles. The molecule has 0 aromatic heterocycles. The Bertz CT molecular complexity index is 2420. The maximum Gasteiger partial charge on any atom is 0.265 e. The number of aliphatic hydroxyl groups is 7. The number of anilines is 1. The Morgan fingerprint density at radius 1 is 0.698 bits per heavy atom. The quantitative estimate of drug-likeness (QED) is 0.0171. The molecule has 0 saturated carbocycles. The zero-order valence-corrected chi connectivity index (χ0v) is 48.8. The Balaban J connectivity index is 1.29. The summed E-state index contributed by atoms with van der Waals surface area (Å²) in [7, 11) is -5.11. The molecule has 0 spiro atoms. The van der Waals surface area contributed by atoms with Crippen LogP contribution in [0.25, 0.3) is 0 Å². The van der Waals surface area contributed by atoms with Gasteiger partial charge in [0, 0.05) is 86.9 Å². The molecule has 1 aromatic rings. The van der Waals surface area contributed by atoms with Gasteiger partial charge in [-0.2, -0.15) is 0 Å². The smallest absolute Gasteiger partial charge is 0.265 e. The van der Waals surface area contributed by atoms with Gasteiger partial charge in [-0.1, -0.05) is 13.8 Å². The molecule has 3 aliphatic rings. The van der Waals surface area contributed by atoms with Gasteiger partial charge in [0.2, 0.25) is 35.4 Å². The second-order valence-corrected chi connectivity index (χ2v) is 22.3. The fraction of sp³-hybridized carbons (Fsp3) is 0.706. The number of nitrogens with zero attached hydrogens (tertiary/aromatic N) is 1. The maximum absolute atomic E-state index is 13.5. The first-order chi connectivity index (χ1) is 40.6. The van der Waals surface area contributed by atoms with E-state index in [4.69, 9.17) is 33.3 Å². The first kappa shape index (κ1) is 72.7. The van der Waals surface area contributed by atoms with Crippen LogP contribution in [-0.2, 0) is 71.1 Å². The Hall–Kier alpha value is -5.76. The number of carbonyl (C=O) groups is 9. The molecule has 0 radical (unpaired) electrons. The van der Waals surface area contributed by atoms with Gasteiger partial charge in [0.1, 0.15) is 55.0 Å². The summed E-state index contributed by atoms with van der Waals surface area (Å²) in [4.78, 5) is 136. The highest BCUT2D eigenvalue weighted by molar-refractivity contribution is 7.44. The van der Waals surface area contributed by atoms with E-state index < -0.39 is 166 Å². The molecule has 86 heavy (non-hydrogen) atoms. The summed E-state index contributed by atoms with van der Waals surface area (Å²) in [5, 5.41) is 87.9. The Labute approximate surface area is 493 Å². The predicted molar refractivity (Wildman–Crippen MR) is 289 cm³/mol. The van der Waals surface area contributed by atoms with E-state index in [2.05, 4.69) is 41.7 Å². The van der Waals surface area contributed by atoms with Crippen LogP contribution in [0.15, 0.2) is 18.2 Å². The third-order valence-electron chi connectivity index (χ3n) is 14.3. The van der Waals surface area contributed by atoms with Crippen molar-refractivity contribution in [1.29, 1.82) is 0 Å². The predicted octanol–water partition coefficient (Wildman–Crippen LogP) is -7.28. The lowest BCUT2D eigenvalue weighted by molar-refractivity contribution is -0.272. The van der Waals surface area contributed by atoms with Crippen molar-refractivity contribution in [3.8, 4) is 0 Å². The topological polar surface area (TPSA) is 508 Å². The molecule has 34 nitrogen and oxygen atoms in total. The van der Waals surface area contributed by atoms with Crippen molar-refractivity contribution in [1.82, 2.24) is 36.8 Å². The zero-order chi connectivity index (χ0) is 63.9. The van der Waals surface area contributed by atoms with Crippen LogP contribution >= 0.6 is 7.82 Å². The van der Waals surface area contributed by atoms with Gasteiger partial charge in [0.05, 0.1) is 78.7 Å². The Morgan fingerprint density at radius 2 is 1.20 bits per heavy atom. The van der Waals surface area contributed by atoms with Crippen LogP contribution in [0.2, 0.25) is 0 Å². The molecule has 486 valence electrons. The van der Waals surface area contributed by atoms with Crippen molar-refractivity contribution in [2.24, 2.45) is 10.8 Å². The number of benzene rings is 1. The number of hydrogen-bond donors (Lipinski definition) is 15. The van der Waals surface area contributed by atoms with Gasteiger partial charge >= 0.3 is 0 Å². The number of likely N-dealkylation sites (tertiary alicyclic amines) is 1. The number of rotatable bonds is 35.